The normalized spacial score (nSPS) is 16.6. The Morgan fingerprint density at radius 1 is 1.15 bits per heavy atom. The summed E-state index contributed by atoms with van der Waals surface area (Å²) >= 11 is 0. The summed E-state index contributed by atoms with van der Waals surface area (Å²) in [5, 5.41) is 18.4. The van der Waals surface area contributed by atoms with Gasteiger partial charge in [0.05, 0.1) is 34.5 Å². The summed E-state index contributed by atoms with van der Waals surface area (Å²) in [6.45, 7) is 5.51. The van der Waals surface area contributed by atoms with E-state index < -0.39 is 11.7 Å². The number of fused-ring (bicyclic) bond motifs is 1. The van der Waals surface area contributed by atoms with E-state index in [0.29, 0.717) is 19.6 Å². The summed E-state index contributed by atoms with van der Waals surface area (Å²) in [7, 11) is 0. The van der Waals surface area contributed by atoms with E-state index in [1.807, 2.05) is 44.3 Å². The van der Waals surface area contributed by atoms with E-state index in [1.54, 1.807) is 11.1 Å². The highest BCUT2D eigenvalue weighted by Gasteiger charge is 2.35. The number of halogens is 3. The Kier molecular flexibility index (Phi) is 6.28. The van der Waals surface area contributed by atoms with Gasteiger partial charge in [0.2, 0.25) is 5.96 Å². The van der Waals surface area contributed by atoms with Crippen LogP contribution in [0.15, 0.2) is 54.7 Å². The molecule has 10 heteroatoms. The fourth-order valence-corrected chi connectivity index (χ4v) is 4.13. The van der Waals surface area contributed by atoms with Crippen LogP contribution in [0.1, 0.15) is 19.4 Å². The summed E-state index contributed by atoms with van der Waals surface area (Å²) in [6.07, 6.45) is -0.928. The second-order valence-electron chi connectivity index (χ2n) is 8.47. The van der Waals surface area contributed by atoms with Crippen molar-refractivity contribution >= 4 is 28.5 Å². The highest BCUT2D eigenvalue weighted by molar-refractivity contribution is 5.97. The number of nitriles is 1. The van der Waals surface area contributed by atoms with Gasteiger partial charge in [-0.3, -0.25) is 10.4 Å². The molecular weight excluding hydrogens is 443 g/mol. The van der Waals surface area contributed by atoms with Crippen LogP contribution >= 0.6 is 0 Å². The summed E-state index contributed by atoms with van der Waals surface area (Å²) in [5.41, 5.74) is 0.736. The first-order chi connectivity index (χ1) is 16.2. The van der Waals surface area contributed by atoms with Gasteiger partial charge in [-0.1, -0.05) is 32.0 Å². The lowest BCUT2D eigenvalue weighted by Gasteiger charge is -2.45. The van der Waals surface area contributed by atoms with Crippen molar-refractivity contribution in [2.75, 3.05) is 29.4 Å². The number of hydrogen-bond acceptors (Lipinski definition) is 5. The molecule has 1 aliphatic rings. The average molecular weight is 467 g/mol. The topological polar surface area (TPSA) is 83.1 Å². The lowest BCUT2D eigenvalue weighted by Crippen LogP contribution is -2.60. The largest absolute Gasteiger partial charge is 0.416 e. The zero-order valence-electron chi connectivity index (χ0n) is 18.8. The highest BCUT2D eigenvalue weighted by Crippen LogP contribution is 2.32. The molecule has 1 saturated heterocycles. The quantitative estimate of drug-likeness (QED) is 0.260. The Hall–Kier alpha value is -3.87. The molecule has 2 aromatic carbocycles. The number of alkyl halides is 3. The molecule has 0 aliphatic carbocycles. The van der Waals surface area contributed by atoms with E-state index in [0.717, 1.165) is 33.9 Å². The molecule has 1 unspecified atom stereocenters. The number of piperazine rings is 1. The van der Waals surface area contributed by atoms with Crippen molar-refractivity contribution in [2.45, 2.75) is 26.1 Å². The van der Waals surface area contributed by atoms with Crippen molar-refractivity contribution < 1.29 is 13.2 Å². The maximum atomic E-state index is 13.2. The first-order valence-electron chi connectivity index (χ1n) is 10.9. The van der Waals surface area contributed by atoms with Gasteiger partial charge in [-0.25, -0.2) is 9.88 Å². The molecular formula is C24H24F3N7. The summed E-state index contributed by atoms with van der Waals surface area (Å²) in [5.74, 6) is 0.689. The van der Waals surface area contributed by atoms with E-state index in [9.17, 15) is 18.4 Å². The van der Waals surface area contributed by atoms with Crippen molar-refractivity contribution in [3.63, 3.8) is 0 Å². The molecule has 4 rings (SSSR count). The third-order valence-electron chi connectivity index (χ3n) is 5.96. The standard InChI is InChI=1S/C24H24F3N7/c1-16(2)21-14-32(22-13-30-19-8-3-4-9-20(19)31-22)10-11-33(21)23(29)34(15-28)18-7-5-6-17(12-18)24(25,26)27/h3-9,12-13,16,21,29H,10-11,14H2,1-2H3. The number of aromatic nitrogens is 2. The third kappa shape index (κ3) is 4.59. The minimum atomic E-state index is -4.54. The molecule has 0 bridgehead atoms. The maximum Gasteiger partial charge on any atom is 0.416 e. The number of rotatable bonds is 3. The van der Waals surface area contributed by atoms with Gasteiger partial charge in [0.1, 0.15) is 5.82 Å². The van der Waals surface area contributed by atoms with Gasteiger partial charge >= 0.3 is 6.18 Å². The fourth-order valence-electron chi connectivity index (χ4n) is 4.13. The van der Waals surface area contributed by atoms with Crippen molar-refractivity contribution in [3.8, 4) is 6.19 Å². The first kappa shape index (κ1) is 23.3. The zero-order chi connectivity index (χ0) is 24.5. The number of nitrogens with one attached hydrogen (secondary N) is 1. The van der Waals surface area contributed by atoms with Gasteiger partial charge in [0.15, 0.2) is 6.19 Å². The molecule has 0 radical (unpaired) electrons. The van der Waals surface area contributed by atoms with E-state index in [-0.39, 0.29) is 23.6 Å². The van der Waals surface area contributed by atoms with Gasteiger partial charge in [-0.05, 0) is 36.2 Å². The SMILES string of the molecule is CC(C)C1CN(c2cnc3ccccc3n2)CCN1C(=N)N(C#N)c1cccc(C(F)(F)F)c1. The van der Waals surface area contributed by atoms with Crippen LogP contribution in [-0.4, -0.2) is 46.5 Å². The number of hydrogen-bond donors (Lipinski definition) is 1. The minimum absolute atomic E-state index is 0.00709. The minimum Gasteiger partial charge on any atom is -0.351 e. The van der Waals surface area contributed by atoms with Crippen molar-refractivity contribution in [2.24, 2.45) is 5.92 Å². The lowest BCUT2D eigenvalue weighted by atomic mass is 9.99. The molecule has 34 heavy (non-hydrogen) atoms. The first-order valence-corrected chi connectivity index (χ1v) is 10.9. The van der Waals surface area contributed by atoms with Crippen LogP contribution in [0, 0.1) is 22.8 Å². The number of para-hydroxylation sites is 2. The van der Waals surface area contributed by atoms with Crippen molar-refractivity contribution in [3.05, 3.63) is 60.3 Å². The smallest absolute Gasteiger partial charge is 0.351 e. The van der Waals surface area contributed by atoms with Crippen LogP contribution in [0.4, 0.5) is 24.7 Å². The van der Waals surface area contributed by atoms with Crippen molar-refractivity contribution in [1.29, 1.82) is 10.7 Å². The Morgan fingerprint density at radius 2 is 1.88 bits per heavy atom. The second-order valence-corrected chi connectivity index (χ2v) is 8.47. The summed E-state index contributed by atoms with van der Waals surface area (Å²) < 4.78 is 39.5. The number of guanidine groups is 1. The number of nitrogens with zero attached hydrogens (tertiary/aromatic N) is 6. The van der Waals surface area contributed by atoms with Gasteiger partial charge in [-0.15, -0.1) is 0 Å². The van der Waals surface area contributed by atoms with Gasteiger partial charge < -0.3 is 9.80 Å². The van der Waals surface area contributed by atoms with E-state index >= 15 is 0 Å². The molecule has 0 amide bonds. The van der Waals surface area contributed by atoms with Crippen LogP contribution in [0.3, 0.4) is 0 Å². The summed E-state index contributed by atoms with van der Waals surface area (Å²) in [4.78, 5) is 14.0. The zero-order valence-corrected chi connectivity index (χ0v) is 18.8. The molecule has 1 aliphatic heterocycles. The molecule has 0 spiro atoms. The van der Waals surface area contributed by atoms with E-state index in [1.165, 1.54) is 12.1 Å². The van der Waals surface area contributed by atoms with Crippen LogP contribution in [-0.2, 0) is 6.18 Å². The molecule has 1 fully saturated rings. The van der Waals surface area contributed by atoms with Gasteiger partial charge in [0, 0.05) is 19.6 Å². The second kappa shape index (κ2) is 9.17. The Morgan fingerprint density at radius 3 is 2.56 bits per heavy atom. The fraction of sp³-hybridized carbons (Fsp3) is 0.333. The van der Waals surface area contributed by atoms with Crippen molar-refractivity contribution in [1.82, 2.24) is 14.9 Å². The number of benzene rings is 2. The molecule has 0 saturated carbocycles. The Labute approximate surface area is 195 Å². The molecule has 1 atom stereocenters. The molecule has 7 nitrogen and oxygen atoms in total. The van der Waals surface area contributed by atoms with Crippen LogP contribution in [0.2, 0.25) is 0 Å². The van der Waals surface area contributed by atoms with Crippen LogP contribution in [0.5, 0.6) is 0 Å². The van der Waals surface area contributed by atoms with Crippen LogP contribution in [0.25, 0.3) is 11.0 Å². The Balaban J connectivity index is 1.58. The average Bonchev–Trinajstić information content (AvgIpc) is 2.83. The number of anilines is 2. The predicted molar refractivity (Wildman–Crippen MR) is 124 cm³/mol. The van der Waals surface area contributed by atoms with Crippen LogP contribution < -0.4 is 9.80 Å². The Bertz CT molecular complexity index is 1230. The molecule has 176 valence electrons. The highest BCUT2D eigenvalue weighted by atomic mass is 19.4. The lowest BCUT2D eigenvalue weighted by molar-refractivity contribution is -0.137. The predicted octanol–water partition coefficient (Wildman–Crippen LogP) is 4.72. The van der Waals surface area contributed by atoms with Gasteiger partial charge in [0.25, 0.3) is 0 Å². The third-order valence-corrected chi connectivity index (χ3v) is 5.96. The monoisotopic (exact) mass is 467 g/mol. The summed E-state index contributed by atoms with van der Waals surface area (Å²) in [6, 6.07) is 11.9. The molecule has 2 heterocycles. The molecule has 3 aromatic rings. The maximum absolute atomic E-state index is 13.2. The van der Waals surface area contributed by atoms with E-state index in [2.05, 4.69) is 9.88 Å². The molecule has 1 aromatic heterocycles. The van der Waals surface area contributed by atoms with E-state index in [4.69, 9.17) is 10.4 Å². The molecule has 1 N–H and O–H groups in total. The van der Waals surface area contributed by atoms with Gasteiger partial charge in [-0.2, -0.15) is 18.4 Å².